The van der Waals surface area contributed by atoms with Gasteiger partial charge in [-0.25, -0.2) is 4.98 Å². The van der Waals surface area contributed by atoms with Crippen LogP contribution in [0.3, 0.4) is 0 Å². The van der Waals surface area contributed by atoms with E-state index in [4.69, 9.17) is 14.2 Å². The molecule has 0 bridgehead atoms. The van der Waals surface area contributed by atoms with E-state index in [-0.39, 0.29) is 0 Å². The zero-order chi connectivity index (χ0) is 16.2. The quantitative estimate of drug-likeness (QED) is 0.896. The molecule has 0 aliphatic carbocycles. The molecule has 2 aromatic rings. The summed E-state index contributed by atoms with van der Waals surface area (Å²) in [5.41, 5.74) is 2.02. The molecule has 1 saturated heterocycles. The van der Waals surface area contributed by atoms with E-state index in [1.54, 1.807) is 11.3 Å². The number of hydrogen-bond acceptors (Lipinski definition) is 7. The topological polar surface area (TPSA) is 55.9 Å². The third-order valence-corrected chi connectivity index (χ3v) is 4.95. The predicted octanol–water partition coefficient (Wildman–Crippen LogP) is 2.33. The zero-order valence-corrected chi connectivity index (χ0v) is 14.3. The Labute approximate surface area is 145 Å². The molecule has 0 atom stereocenters. The Bertz CT molecular complexity index is 685. The molecule has 0 unspecified atom stereocenters. The normalized spacial score (nSPS) is 17.7. The van der Waals surface area contributed by atoms with Gasteiger partial charge in [0.1, 0.15) is 13.2 Å². The van der Waals surface area contributed by atoms with Gasteiger partial charge in [0.25, 0.3) is 0 Å². The molecule has 0 amide bonds. The molecule has 6 nitrogen and oxygen atoms in total. The highest BCUT2D eigenvalue weighted by molar-refractivity contribution is 7.14. The second-order valence-electron chi connectivity index (χ2n) is 5.78. The summed E-state index contributed by atoms with van der Waals surface area (Å²) in [6, 6.07) is 5.98. The lowest BCUT2D eigenvalue weighted by Crippen LogP contribution is -2.38. The Hall–Kier alpha value is -1.83. The standard InChI is InChI=1S/C17H21N3O3S/c1-2-15-16(23-10-9-22-15)11-13(1)14-12-24-17(19-14)18-3-4-20-5-7-21-8-6-20/h1-2,11-12H,3-10H2,(H,18,19). The van der Waals surface area contributed by atoms with Gasteiger partial charge in [-0.05, 0) is 18.2 Å². The van der Waals surface area contributed by atoms with Gasteiger partial charge in [0.05, 0.1) is 18.9 Å². The number of aromatic nitrogens is 1. The fraction of sp³-hybridized carbons (Fsp3) is 0.471. The summed E-state index contributed by atoms with van der Waals surface area (Å²) in [6.07, 6.45) is 0. The highest BCUT2D eigenvalue weighted by atomic mass is 32.1. The van der Waals surface area contributed by atoms with E-state index in [9.17, 15) is 0 Å². The summed E-state index contributed by atoms with van der Waals surface area (Å²) < 4.78 is 16.6. The fourth-order valence-electron chi connectivity index (χ4n) is 2.84. The van der Waals surface area contributed by atoms with Crippen molar-refractivity contribution < 1.29 is 14.2 Å². The molecule has 1 N–H and O–H groups in total. The maximum atomic E-state index is 5.64. The van der Waals surface area contributed by atoms with Gasteiger partial charge in [-0.2, -0.15) is 0 Å². The van der Waals surface area contributed by atoms with Crippen molar-refractivity contribution in [1.29, 1.82) is 0 Å². The lowest BCUT2D eigenvalue weighted by molar-refractivity contribution is 0.0398. The molecule has 0 saturated carbocycles. The van der Waals surface area contributed by atoms with Gasteiger partial charge in [0, 0.05) is 37.1 Å². The van der Waals surface area contributed by atoms with E-state index in [2.05, 4.69) is 20.6 Å². The van der Waals surface area contributed by atoms with Crippen molar-refractivity contribution in [2.24, 2.45) is 0 Å². The van der Waals surface area contributed by atoms with Crippen LogP contribution in [0.1, 0.15) is 0 Å². The largest absolute Gasteiger partial charge is 0.486 e. The number of anilines is 1. The van der Waals surface area contributed by atoms with Crippen LogP contribution in [0.25, 0.3) is 11.3 Å². The van der Waals surface area contributed by atoms with Gasteiger partial charge in [0.2, 0.25) is 0 Å². The zero-order valence-electron chi connectivity index (χ0n) is 13.5. The minimum atomic E-state index is 0.599. The fourth-order valence-corrected chi connectivity index (χ4v) is 3.58. The molecular weight excluding hydrogens is 326 g/mol. The van der Waals surface area contributed by atoms with Crippen LogP contribution >= 0.6 is 11.3 Å². The van der Waals surface area contributed by atoms with E-state index in [0.29, 0.717) is 13.2 Å². The third kappa shape index (κ3) is 3.63. The molecule has 2 aliphatic rings. The first-order valence-corrected chi connectivity index (χ1v) is 9.16. The third-order valence-electron chi connectivity index (χ3n) is 4.15. The molecule has 1 aromatic heterocycles. The Morgan fingerprint density at radius 3 is 2.79 bits per heavy atom. The van der Waals surface area contributed by atoms with Crippen LogP contribution in [0.2, 0.25) is 0 Å². The van der Waals surface area contributed by atoms with Crippen LogP contribution < -0.4 is 14.8 Å². The minimum absolute atomic E-state index is 0.599. The number of morpholine rings is 1. The van der Waals surface area contributed by atoms with Crippen LogP contribution in [0, 0.1) is 0 Å². The molecule has 1 aromatic carbocycles. The number of ether oxygens (including phenoxy) is 3. The van der Waals surface area contributed by atoms with E-state index >= 15 is 0 Å². The smallest absolute Gasteiger partial charge is 0.183 e. The second kappa shape index (κ2) is 7.38. The molecule has 3 heterocycles. The van der Waals surface area contributed by atoms with Crippen LogP contribution in [0.15, 0.2) is 23.6 Å². The summed E-state index contributed by atoms with van der Waals surface area (Å²) in [4.78, 5) is 7.09. The first-order valence-electron chi connectivity index (χ1n) is 8.28. The summed E-state index contributed by atoms with van der Waals surface area (Å²) in [5.74, 6) is 1.61. The van der Waals surface area contributed by atoms with Crippen LogP contribution in [-0.4, -0.2) is 62.5 Å². The molecule has 0 radical (unpaired) electrons. The van der Waals surface area contributed by atoms with Gasteiger partial charge >= 0.3 is 0 Å². The highest BCUT2D eigenvalue weighted by Crippen LogP contribution is 2.35. The summed E-state index contributed by atoms with van der Waals surface area (Å²) in [6.45, 7) is 6.83. The second-order valence-corrected chi connectivity index (χ2v) is 6.64. The van der Waals surface area contributed by atoms with Crippen molar-refractivity contribution in [3.63, 3.8) is 0 Å². The van der Waals surface area contributed by atoms with Gasteiger partial charge in [-0.3, -0.25) is 4.90 Å². The number of rotatable bonds is 5. The van der Waals surface area contributed by atoms with Crippen molar-refractivity contribution in [1.82, 2.24) is 9.88 Å². The van der Waals surface area contributed by atoms with Crippen LogP contribution in [0.4, 0.5) is 5.13 Å². The van der Waals surface area contributed by atoms with E-state index in [1.165, 1.54) is 0 Å². The number of benzene rings is 1. The van der Waals surface area contributed by atoms with Crippen LogP contribution in [-0.2, 0) is 4.74 Å². The molecule has 4 rings (SSSR count). The average Bonchev–Trinajstić information content (AvgIpc) is 3.11. The number of nitrogens with zero attached hydrogens (tertiary/aromatic N) is 2. The van der Waals surface area contributed by atoms with Crippen molar-refractivity contribution in [2.45, 2.75) is 0 Å². The van der Waals surface area contributed by atoms with Gasteiger partial charge < -0.3 is 19.5 Å². The molecule has 7 heteroatoms. The molecule has 128 valence electrons. The minimum Gasteiger partial charge on any atom is -0.486 e. The SMILES string of the molecule is c1cc2c(cc1-c1csc(NCCN3CCOCC3)n1)OCCO2. The Morgan fingerprint density at radius 2 is 1.92 bits per heavy atom. The highest BCUT2D eigenvalue weighted by Gasteiger charge is 2.14. The Kier molecular flexibility index (Phi) is 4.82. The first kappa shape index (κ1) is 15.7. The molecule has 1 fully saturated rings. The van der Waals surface area contributed by atoms with Gasteiger partial charge in [0.15, 0.2) is 16.6 Å². The summed E-state index contributed by atoms with van der Waals surface area (Å²) in [7, 11) is 0. The number of thiazole rings is 1. The molecular formula is C17H21N3O3S. The first-order chi connectivity index (χ1) is 11.9. The summed E-state index contributed by atoms with van der Waals surface area (Å²) >= 11 is 1.63. The van der Waals surface area contributed by atoms with Gasteiger partial charge in [-0.15, -0.1) is 11.3 Å². The van der Waals surface area contributed by atoms with Crippen molar-refractivity contribution >= 4 is 16.5 Å². The maximum absolute atomic E-state index is 5.64. The van der Waals surface area contributed by atoms with E-state index in [1.807, 2.05) is 18.2 Å². The molecule has 24 heavy (non-hydrogen) atoms. The van der Waals surface area contributed by atoms with Gasteiger partial charge in [-0.1, -0.05) is 0 Å². The monoisotopic (exact) mass is 347 g/mol. The number of nitrogens with one attached hydrogen (secondary N) is 1. The molecule has 2 aliphatic heterocycles. The molecule has 0 spiro atoms. The number of hydrogen-bond donors (Lipinski definition) is 1. The maximum Gasteiger partial charge on any atom is 0.183 e. The van der Waals surface area contributed by atoms with Crippen molar-refractivity contribution in [2.75, 3.05) is 57.9 Å². The summed E-state index contributed by atoms with van der Waals surface area (Å²) in [5, 5.41) is 6.44. The van der Waals surface area contributed by atoms with E-state index in [0.717, 1.165) is 67.3 Å². The van der Waals surface area contributed by atoms with Crippen LogP contribution in [0.5, 0.6) is 11.5 Å². The van der Waals surface area contributed by atoms with Crippen molar-refractivity contribution in [3.8, 4) is 22.8 Å². The van der Waals surface area contributed by atoms with E-state index < -0.39 is 0 Å². The lowest BCUT2D eigenvalue weighted by atomic mass is 10.1. The van der Waals surface area contributed by atoms with Crippen molar-refractivity contribution in [3.05, 3.63) is 23.6 Å². The average molecular weight is 347 g/mol. The Morgan fingerprint density at radius 1 is 1.08 bits per heavy atom. The Balaban J connectivity index is 1.36. The lowest BCUT2D eigenvalue weighted by Gasteiger charge is -2.26. The predicted molar refractivity (Wildman–Crippen MR) is 94.3 cm³/mol. The number of fused-ring (bicyclic) bond motifs is 1.